The first-order chi connectivity index (χ1) is 29.5. The van der Waals surface area contributed by atoms with Crippen molar-refractivity contribution in [1.29, 1.82) is 0 Å². The number of hydrogen-bond donors (Lipinski definition) is 0. The third-order valence-electron chi connectivity index (χ3n) is 15.0. The average molecular weight is 950 g/mol. The summed E-state index contributed by atoms with van der Waals surface area (Å²) in [6, 6.07) is 48.2. The molecule has 317 valence electrons. The first kappa shape index (κ1) is 43.7. The van der Waals surface area contributed by atoms with E-state index in [0.717, 1.165) is 12.8 Å². The molecule has 4 unspecified atom stereocenters. The zero-order valence-electron chi connectivity index (χ0n) is 38.5. The Hall–Kier alpha value is -3.52. The van der Waals surface area contributed by atoms with Gasteiger partial charge in [-0.3, -0.25) is 0 Å². The van der Waals surface area contributed by atoms with Crippen LogP contribution in [0.25, 0.3) is 45.5 Å². The Kier molecular flexibility index (Phi) is 11.2. The fraction of sp³-hybridized carbons (Fsp3) is 0.310. The molecule has 0 nitrogen and oxygen atoms in total. The standard InChI is InChI=1S/2C23H27.C12H9Si.2ClH.Zr/c2*1-6-16(2)20-13-12-18-14-19(23(3,4)5)15-21(18)22(20)17-10-8-7-9-11-17;1-3-7-11-9(5-1)10-6-2-4-8-12(10)13-11;;;/h2*7-16H,6H2,1-5H3;1-7H,13H2;2*1H;/q;;;;;+2/p-2. The van der Waals surface area contributed by atoms with Crippen molar-refractivity contribution >= 4 is 52.3 Å². The molecule has 6 aromatic rings. The van der Waals surface area contributed by atoms with Gasteiger partial charge in [-0.2, -0.15) is 0 Å². The van der Waals surface area contributed by atoms with E-state index in [9.17, 15) is 17.0 Å². The maximum atomic E-state index is 9.59. The Labute approximate surface area is 383 Å². The third kappa shape index (κ3) is 6.84. The molecule has 3 aliphatic rings. The summed E-state index contributed by atoms with van der Waals surface area (Å²) in [4.78, 5) is 0. The molecule has 1 heterocycles. The fourth-order valence-corrected chi connectivity index (χ4v) is 39.9. The van der Waals surface area contributed by atoms with Gasteiger partial charge >= 0.3 is 386 Å². The molecule has 0 saturated carbocycles. The molecule has 0 N–H and O–H groups in total. The van der Waals surface area contributed by atoms with Crippen LogP contribution < -0.4 is 13.6 Å². The van der Waals surface area contributed by atoms with Crippen LogP contribution in [0.3, 0.4) is 0 Å². The third-order valence-corrected chi connectivity index (χ3v) is 37.5. The van der Waals surface area contributed by atoms with Crippen molar-refractivity contribution in [2.45, 2.75) is 101 Å². The number of fused-ring (bicyclic) bond motifs is 5. The summed E-state index contributed by atoms with van der Waals surface area (Å²) in [7, 11) is 18.3. The molecular formula is C58H63Cl2SiZr. The predicted octanol–water partition coefficient (Wildman–Crippen LogP) is 15.1. The van der Waals surface area contributed by atoms with E-state index < -0.39 is 25.9 Å². The minimum absolute atomic E-state index is 0.163. The quantitative estimate of drug-likeness (QED) is 0.127. The van der Waals surface area contributed by atoms with Crippen LogP contribution in [0.2, 0.25) is 0 Å². The van der Waals surface area contributed by atoms with Gasteiger partial charge in [0.25, 0.3) is 0 Å². The molecule has 0 bridgehead atoms. The van der Waals surface area contributed by atoms with E-state index in [2.05, 4.69) is 209 Å². The minimum atomic E-state index is -5.84. The van der Waals surface area contributed by atoms with Crippen LogP contribution >= 0.6 is 17.0 Å². The number of halogens is 2. The summed E-state index contributed by atoms with van der Waals surface area (Å²) >= 11 is -5.84. The number of allylic oxidation sites excluding steroid dienone is 2. The zero-order valence-corrected chi connectivity index (χ0v) is 43.8. The van der Waals surface area contributed by atoms with Gasteiger partial charge in [0.05, 0.1) is 0 Å². The molecule has 4 atom stereocenters. The molecule has 0 amide bonds. The molecule has 0 aromatic heterocycles. The van der Waals surface area contributed by atoms with E-state index in [4.69, 9.17) is 0 Å². The van der Waals surface area contributed by atoms with Crippen molar-refractivity contribution in [3.63, 3.8) is 0 Å². The SMILES string of the molecule is CCC(C)c1ccc2c(c1-c1ccccc1)C=C(C(C)(C)C)[CH]2[Zr]([Cl])([Cl])([c]1cccc2c1[SiH2]c1ccccc1-2)[CH]1C(C(C)(C)C)=Cc2c1ccc(C(C)CC)c2-c1ccccc1. The van der Waals surface area contributed by atoms with Crippen LogP contribution in [-0.4, -0.2) is 9.52 Å². The van der Waals surface area contributed by atoms with Crippen LogP contribution in [-0.2, 0) is 16.4 Å². The molecule has 62 heavy (non-hydrogen) atoms. The Morgan fingerprint density at radius 2 is 0.968 bits per heavy atom. The molecule has 1 aliphatic heterocycles. The predicted molar refractivity (Wildman–Crippen MR) is 273 cm³/mol. The van der Waals surface area contributed by atoms with Crippen LogP contribution in [0, 0.1) is 10.8 Å². The topological polar surface area (TPSA) is 0 Å². The summed E-state index contributed by atoms with van der Waals surface area (Å²) in [6.07, 6.45) is 7.27. The first-order valence-corrected chi connectivity index (χ1v) is 35.0. The number of hydrogen-bond acceptors (Lipinski definition) is 0. The maximum absolute atomic E-state index is 9.59. The van der Waals surface area contributed by atoms with Crippen molar-refractivity contribution in [2.75, 3.05) is 0 Å². The van der Waals surface area contributed by atoms with Crippen molar-refractivity contribution < 1.29 is 16.4 Å². The normalized spacial score (nSPS) is 18.9. The molecule has 4 heteroatoms. The molecule has 6 aromatic carbocycles. The molecule has 0 spiro atoms. The van der Waals surface area contributed by atoms with Crippen molar-refractivity contribution in [1.82, 2.24) is 0 Å². The average Bonchev–Trinajstić information content (AvgIpc) is 3.99. The van der Waals surface area contributed by atoms with Gasteiger partial charge in [0.1, 0.15) is 0 Å². The monoisotopic (exact) mass is 947 g/mol. The van der Waals surface area contributed by atoms with Crippen molar-refractivity contribution in [2.24, 2.45) is 10.8 Å². The van der Waals surface area contributed by atoms with Gasteiger partial charge < -0.3 is 0 Å². The van der Waals surface area contributed by atoms with Gasteiger partial charge in [0.2, 0.25) is 0 Å². The van der Waals surface area contributed by atoms with Crippen LogP contribution in [0.1, 0.15) is 135 Å². The fourth-order valence-electron chi connectivity index (χ4n) is 11.6. The van der Waals surface area contributed by atoms with Gasteiger partial charge in [-0.05, 0) is 0 Å². The summed E-state index contributed by atoms with van der Waals surface area (Å²) < 4.78 is 0.961. The Bertz CT molecular complexity index is 2640. The van der Waals surface area contributed by atoms with E-state index in [1.165, 1.54) is 91.6 Å². The molecule has 9 rings (SSSR count). The molecule has 2 aliphatic carbocycles. The van der Waals surface area contributed by atoms with E-state index in [1.807, 2.05) is 0 Å². The van der Waals surface area contributed by atoms with Gasteiger partial charge in [0, 0.05) is 0 Å². The van der Waals surface area contributed by atoms with Crippen molar-refractivity contribution in [3.05, 3.63) is 172 Å². The van der Waals surface area contributed by atoms with E-state index in [0.29, 0.717) is 11.8 Å². The summed E-state index contributed by atoms with van der Waals surface area (Å²) in [5.74, 6) is 0.788. The summed E-state index contributed by atoms with van der Waals surface area (Å²) in [5, 5.41) is 2.96. The first-order valence-electron chi connectivity index (χ1n) is 23.1. The number of benzene rings is 6. The van der Waals surface area contributed by atoms with Gasteiger partial charge in [-0.25, -0.2) is 0 Å². The zero-order chi connectivity index (χ0) is 44.0. The van der Waals surface area contributed by atoms with E-state index >= 15 is 0 Å². The molecule has 0 fully saturated rings. The van der Waals surface area contributed by atoms with Gasteiger partial charge in [-0.15, -0.1) is 0 Å². The second kappa shape index (κ2) is 15.9. The van der Waals surface area contributed by atoms with Crippen LogP contribution in [0.15, 0.2) is 139 Å². The molecule has 0 radical (unpaired) electrons. The van der Waals surface area contributed by atoms with E-state index in [-0.39, 0.29) is 18.1 Å². The summed E-state index contributed by atoms with van der Waals surface area (Å²) in [5.41, 5.74) is 18.3. The summed E-state index contributed by atoms with van der Waals surface area (Å²) in [6.45, 7) is 23.8. The second-order valence-electron chi connectivity index (χ2n) is 20.8. The molecule has 0 saturated heterocycles. The second-order valence-corrected chi connectivity index (χ2v) is 43.2. The van der Waals surface area contributed by atoms with Gasteiger partial charge in [0.15, 0.2) is 0 Å². The van der Waals surface area contributed by atoms with E-state index in [1.54, 1.807) is 0 Å². The Morgan fingerprint density at radius 3 is 1.42 bits per heavy atom. The van der Waals surface area contributed by atoms with Crippen LogP contribution in [0.5, 0.6) is 0 Å². The van der Waals surface area contributed by atoms with Crippen LogP contribution in [0.4, 0.5) is 0 Å². The van der Waals surface area contributed by atoms with Crippen molar-refractivity contribution in [3.8, 4) is 33.4 Å². The molecular weight excluding hydrogens is 887 g/mol. The Morgan fingerprint density at radius 1 is 0.532 bits per heavy atom. The Balaban J connectivity index is 1.44. The number of rotatable bonds is 9. The van der Waals surface area contributed by atoms with Gasteiger partial charge in [-0.1, -0.05) is 0 Å².